The van der Waals surface area contributed by atoms with Gasteiger partial charge in [-0.2, -0.15) is 0 Å². The van der Waals surface area contributed by atoms with Crippen molar-refractivity contribution < 1.29 is 13.6 Å². The average molecular weight is 321 g/mol. The van der Waals surface area contributed by atoms with Gasteiger partial charge in [-0.05, 0) is 35.3 Å². The summed E-state index contributed by atoms with van der Waals surface area (Å²) < 4.78 is 26.5. The number of amides is 1. The van der Waals surface area contributed by atoms with Crippen LogP contribution in [-0.4, -0.2) is 18.5 Å². The molecule has 0 saturated carbocycles. The van der Waals surface area contributed by atoms with Crippen molar-refractivity contribution in [3.8, 4) is 0 Å². The first-order valence-electron chi connectivity index (χ1n) is 5.61. The van der Waals surface area contributed by atoms with Crippen LogP contribution in [0.1, 0.15) is 20.3 Å². The van der Waals surface area contributed by atoms with Gasteiger partial charge in [-0.25, -0.2) is 8.78 Å². The van der Waals surface area contributed by atoms with E-state index in [1.807, 2.05) is 13.8 Å². The lowest BCUT2D eigenvalue weighted by molar-refractivity contribution is -0.120. The van der Waals surface area contributed by atoms with Crippen LogP contribution in [0.4, 0.5) is 14.5 Å². The SMILES string of the molecule is CCC(C)NC(=O)CNc1c(F)cc(F)cc1Br. The summed E-state index contributed by atoms with van der Waals surface area (Å²) in [5, 5.41) is 5.37. The first-order valence-corrected chi connectivity index (χ1v) is 6.41. The topological polar surface area (TPSA) is 41.1 Å². The van der Waals surface area contributed by atoms with Gasteiger partial charge in [-0.3, -0.25) is 4.79 Å². The van der Waals surface area contributed by atoms with Crippen LogP contribution in [0.25, 0.3) is 0 Å². The molecule has 0 radical (unpaired) electrons. The minimum atomic E-state index is -0.738. The quantitative estimate of drug-likeness (QED) is 0.875. The van der Waals surface area contributed by atoms with Crippen molar-refractivity contribution in [1.29, 1.82) is 0 Å². The van der Waals surface area contributed by atoms with Crippen molar-refractivity contribution >= 4 is 27.5 Å². The molecule has 18 heavy (non-hydrogen) atoms. The Bertz CT molecular complexity index is 417. The van der Waals surface area contributed by atoms with Crippen LogP contribution >= 0.6 is 15.9 Å². The van der Waals surface area contributed by atoms with Crippen LogP contribution in [-0.2, 0) is 4.79 Å². The van der Waals surface area contributed by atoms with Gasteiger partial charge in [0.15, 0.2) is 0 Å². The maximum Gasteiger partial charge on any atom is 0.239 e. The highest BCUT2D eigenvalue weighted by atomic mass is 79.9. The van der Waals surface area contributed by atoms with Crippen molar-refractivity contribution in [3.63, 3.8) is 0 Å². The zero-order valence-electron chi connectivity index (χ0n) is 10.2. The molecule has 0 saturated heterocycles. The molecule has 1 unspecified atom stereocenters. The predicted molar refractivity (Wildman–Crippen MR) is 70.4 cm³/mol. The van der Waals surface area contributed by atoms with Crippen molar-refractivity contribution in [2.24, 2.45) is 0 Å². The lowest BCUT2D eigenvalue weighted by atomic mass is 10.2. The molecule has 0 aliphatic carbocycles. The summed E-state index contributed by atoms with van der Waals surface area (Å²) in [4.78, 5) is 11.5. The summed E-state index contributed by atoms with van der Waals surface area (Å²) in [5.74, 6) is -1.65. The van der Waals surface area contributed by atoms with Gasteiger partial charge in [-0.15, -0.1) is 0 Å². The molecule has 0 bridgehead atoms. The smallest absolute Gasteiger partial charge is 0.239 e. The zero-order chi connectivity index (χ0) is 13.7. The molecule has 0 aliphatic rings. The fraction of sp³-hybridized carbons (Fsp3) is 0.417. The standard InChI is InChI=1S/C12H15BrF2N2O/c1-3-7(2)17-11(18)6-16-12-9(13)4-8(14)5-10(12)15/h4-5,7,16H,3,6H2,1-2H3,(H,17,18). The van der Waals surface area contributed by atoms with Gasteiger partial charge in [-0.1, -0.05) is 6.92 Å². The van der Waals surface area contributed by atoms with Gasteiger partial charge in [0.25, 0.3) is 0 Å². The number of halogens is 3. The third-order valence-corrected chi connectivity index (χ3v) is 3.08. The van der Waals surface area contributed by atoms with E-state index in [1.54, 1.807) is 0 Å². The molecule has 1 amide bonds. The Balaban J connectivity index is 2.61. The highest BCUT2D eigenvalue weighted by molar-refractivity contribution is 9.10. The molecule has 1 atom stereocenters. The van der Waals surface area contributed by atoms with Crippen LogP contribution in [0.15, 0.2) is 16.6 Å². The second kappa shape index (κ2) is 6.68. The molecule has 100 valence electrons. The molecule has 6 heteroatoms. The Morgan fingerprint density at radius 1 is 1.44 bits per heavy atom. The molecule has 3 nitrogen and oxygen atoms in total. The number of benzene rings is 1. The molecule has 1 aromatic rings. The number of carbonyl (C=O) groups excluding carboxylic acids is 1. The molecule has 0 heterocycles. The van der Waals surface area contributed by atoms with E-state index >= 15 is 0 Å². The van der Waals surface area contributed by atoms with Gasteiger partial charge >= 0.3 is 0 Å². The number of nitrogens with one attached hydrogen (secondary N) is 2. The largest absolute Gasteiger partial charge is 0.373 e. The first-order chi connectivity index (χ1) is 8.43. The Labute approximate surface area is 113 Å². The molecule has 0 aliphatic heterocycles. The molecule has 0 fully saturated rings. The van der Waals surface area contributed by atoms with E-state index in [0.29, 0.717) is 0 Å². The molecule has 0 aromatic heterocycles. The van der Waals surface area contributed by atoms with Crippen LogP contribution in [0.3, 0.4) is 0 Å². The highest BCUT2D eigenvalue weighted by Crippen LogP contribution is 2.26. The van der Waals surface area contributed by atoms with Crippen molar-refractivity contribution in [2.75, 3.05) is 11.9 Å². The third kappa shape index (κ3) is 4.25. The van der Waals surface area contributed by atoms with Gasteiger partial charge < -0.3 is 10.6 Å². The second-order valence-corrected chi connectivity index (χ2v) is 4.83. The van der Waals surface area contributed by atoms with Crippen molar-refractivity contribution in [2.45, 2.75) is 26.3 Å². The number of carbonyl (C=O) groups is 1. The fourth-order valence-corrected chi connectivity index (χ4v) is 1.86. The molecule has 2 N–H and O–H groups in total. The summed E-state index contributed by atoms with van der Waals surface area (Å²) in [6.07, 6.45) is 0.820. The minimum absolute atomic E-state index is 0.0640. The number of hydrogen-bond acceptors (Lipinski definition) is 2. The van der Waals surface area contributed by atoms with Crippen molar-refractivity contribution in [3.05, 3.63) is 28.2 Å². The Hall–Kier alpha value is -1.17. The summed E-state index contributed by atoms with van der Waals surface area (Å²) in [7, 11) is 0. The Morgan fingerprint density at radius 3 is 2.67 bits per heavy atom. The summed E-state index contributed by atoms with van der Waals surface area (Å²) in [5.41, 5.74) is 0.0794. The van der Waals surface area contributed by atoms with Gasteiger partial charge in [0.2, 0.25) is 5.91 Å². The fourth-order valence-electron chi connectivity index (χ4n) is 1.31. The lowest BCUT2D eigenvalue weighted by Crippen LogP contribution is -2.36. The molecule has 1 rings (SSSR count). The number of anilines is 1. The lowest BCUT2D eigenvalue weighted by Gasteiger charge is -2.13. The number of hydrogen-bond donors (Lipinski definition) is 2. The van der Waals surface area contributed by atoms with Gasteiger partial charge in [0.1, 0.15) is 11.6 Å². The monoisotopic (exact) mass is 320 g/mol. The van der Waals surface area contributed by atoms with E-state index < -0.39 is 11.6 Å². The molecule has 1 aromatic carbocycles. The highest BCUT2D eigenvalue weighted by Gasteiger charge is 2.11. The minimum Gasteiger partial charge on any atom is -0.373 e. The maximum atomic E-state index is 13.4. The van der Waals surface area contributed by atoms with Crippen molar-refractivity contribution in [1.82, 2.24) is 5.32 Å². The summed E-state index contributed by atoms with van der Waals surface area (Å²) in [6.45, 7) is 3.77. The van der Waals surface area contributed by atoms with Crippen LogP contribution in [0, 0.1) is 11.6 Å². The van der Waals surface area contributed by atoms with Crippen LogP contribution < -0.4 is 10.6 Å². The normalized spacial score (nSPS) is 12.1. The molecule has 0 spiro atoms. The number of rotatable bonds is 5. The summed E-state index contributed by atoms with van der Waals surface area (Å²) in [6, 6.07) is 1.97. The van der Waals surface area contributed by atoms with Crippen LogP contribution in [0.5, 0.6) is 0 Å². The average Bonchev–Trinajstić information content (AvgIpc) is 2.27. The van der Waals surface area contributed by atoms with Crippen LogP contribution in [0.2, 0.25) is 0 Å². The van der Waals surface area contributed by atoms with Gasteiger partial charge in [0, 0.05) is 16.6 Å². The maximum absolute atomic E-state index is 13.4. The Kier molecular flexibility index (Phi) is 5.53. The van der Waals surface area contributed by atoms with E-state index in [0.717, 1.165) is 18.6 Å². The Morgan fingerprint density at radius 2 is 2.11 bits per heavy atom. The zero-order valence-corrected chi connectivity index (χ0v) is 11.8. The van der Waals surface area contributed by atoms with E-state index in [4.69, 9.17) is 0 Å². The van der Waals surface area contributed by atoms with E-state index in [2.05, 4.69) is 26.6 Å². The van der Waals surface area contributed by atoms with Gasteiger partial charge in [0.05, 0.1) is 12.2 Å². The predicted octanol–water partition coefficient (Wildman–Crippen LogP) is 3.05. The first kappa shape index (κ1) is 14.9. The second-order valence-electron chi connectivity index (χ2n) is 3.97. The third-order valence-electron chi connectivity index (χ3n) is 2.45. The van der Waals surface area contributed by atoms with E-state index in [1.165, 1.54) is 0 Å². The van der Waals surface area contributed by atoms with E-state index in [9.17, 15) is 13.6 Å². The van der Waals surface area contributed by atoms with E-state index in [-0.39, 0.29) is 28.7 Å². The summed E-state index contributed by atoms with van der Waals surface area (Å²) >= 11 is 3.04. The molecular weight excluding hydrogens is 306 g/mol. The molecular formula is C12H15BrF2N2O.